The molecule has 86 valence electrons. The van der Waals surface area contributed by atoms with Crippen LogP contribution in [0.25, 0.3) is 0 Å². The van der Waals surface area contributed by atoms with Crippen molar-refractivity contribution in [3.05, 3.63) is 36.3 Å². The molecule has 0 amide bonds. The Hall–Kier alpha value is -1.02. The molecule has 0 radical (unpaired) electrons. The second kappa shape index (κ2) is 4.10. The summed E-state index contributed by atoms with van der Waals surface area (Å²) in [5.74, 6) is 3.59. The average Bonchev–Trinajstić information content (AvgIpc) is 3.01. The molecule has 4 unspecified atom stereocenters. The molecule has 2 aliphatic carbocycles. The topological polar surface area (TPSA) is 25.2 Å². The summed E-state index contributed by atoms with van der Waals surface area (Å²) in [6, 6.07) is 4.32. The first kappa shape index (κ1) is 10.2. The summed E-state index contributed by atoms with van der Waals surface area (Å²) in [4.78, 5) is 0. The van der Waals surface area contributed by atoms with E-state index >= 15 is 0 Å². The molecule has 1 aromatic heterocycles. The van der Waals surface area contributed by atoms with E-state index in [4.69, 9.17) is 4.42 Å². The van der Waals surface area contributed by atoms with Crippen LogP contribution in [0.15, 0.2) is 35.0 Å². The number of hydrogen-bond acceptors (Lipinski definition) is 2. The van der Waals surface area contributed by atoms with Gasteiger partial charge in [0, 0.05) is 0 Å². The molecule has 2 heteroatoms. The number of nitrogens with one attached hydrogen (secondary N) is 1. The third kappa shape index (κ3) is 1.82. The molecule has 0 aliphatic heterocycles. The van der Waals surface area contributed by atoms with Crippen LogP contribution in [0.3, 0.4) is 0 Å². The van der Waals surface area contributed by atoms with Crippen molar-refractivity contribution >= 4 is 0 Å². The average molecular weight is 217 g/mol. The van der Waals surface area contributed by atoms with Gasteiger partial charge in [0.05, 0.1) is 12.3 Å². The predicted molar refractivity (Wildman–Crippen MR) is 64.0 cm³/mol. The van der Waals surface area contributed by atoms with Gasteiger partial charge in [-0.3, -0.25) is 0 Å². The summed E-state index contributed by atoms with van der Waals surface area (Å²) < 4.78 is 5.40. The van der Waals surface area contributed by atoms with E-state index in [-0.39, 0.29) is 0 Å². The molecule has 16 heavy (non-hydrogen) atoms. The lowest BCUT2D eigenvalue weighted by Crippen LogP contribution is -2.27. The van der Waals surface area contributed by atoms with Gasteiger partial charge < -0.3 is 9.73 Å². The summed E-state index contributed by atoms with van der Waals surface area (Å²) >= 11 is 0. The van der Waals surface area contributed by atoms with Crippen molar-refractivity contribution in [2.45, 2.75) is 25.8 Å². The van der Waals surface area contributed by atoms with Gasteiger partial charge >= 0.3 is 0 Å². The summed E-state index contributed by atoms with van der Waals surface area (Å²) in [5, 5.41) is 3.58. The molecule has 1 saturated carbocycles. The molecular formula is C14H19NO. The van der Waals surface area contributed by atoms with Crippen molar-refractivity contribution in [2.24, 2.45) is 17.8 Å². The summed E-state index contributed by atoms with van der Waals surface area (Å²) in [6.07, 6.45) is 9.32. The molecule has 3 rings (SSSR count). The zero-order valence-corrected chi connectivity index (χ0v) is 9.73. The number of furan rings is 1. The molecule has 1 N–H and O–H groups in total. The minimum atomic E-state index is 0.332. The summed E-state index contributed by atoms with van der Waals surface area (Å²) in [5.41, 5.74) is 0. The number of fused-ring (bicyclic) bond motifs is 2. The fourth-order valence-corrected chi connectivity index (χ4v) is 3.10. The van der Waals surface area contributed by atoms with Crippen molar-refractivity contribution in [3.8, 4) is 0 Å². The van der Waals surface area contributed by atoms with E-state index in [2.05, 4.69) is 24.4 Å². The molecule has 1 fully saturated rings. The van der Waals surface area contributed by atoms with Gasteiger partial charge in [-0.15, -0.1) is 0 Å². The smallest absolute Gasteiger partial charge is 0.120 e. The maximum absolute atomic E-state index is 5.40. The van der Waals surface area contributed by atoms with Crippen LogP contribution in [0.4, 0.5) is 0 Å². The lowest BCUT2D eigenvalue weighted by atomic mass is 9.93. The first-order chi connectivity index (χ1) is 7.83. The Kier molecular flexibility index (Phi) is 2.60. The van der Waals surface area contributed by atoms with E-state index in [1.807, 2.05) is 12.1 Å². The Bertz CT molecular complexity index is 368. The van der Waals surface area contributed by atoms with Crippen LogP contribution in [-0.4, -0.2) is 6.54 Å². The highest BCUT2D eigenvalue weighted by Gasteiger charge is 2.35. The van der Waals surface area contributed by atoms with Crippen LogP contribution in [0, 0.1) is 17.8 Å². The molecule has 4 atom stereocenters. The van der Waals surface area contributed by atoms with Crippen molar-refractivity contribution in [1.29, 1.82) is 0 Å². The predicted octanol–water partition coefficient (Wildman–Crippen LogP) is 3.14. The fraction of sp³-hybridized carbons (Fsp3) is 0.571. The first-order valence-corrected chi connectivity index (χ1v) is 6.28. The van der Waals surface area contributed by atoms with Crippen molar-refractivity contribution < 1.29 is 4.42 Å². The minimum absolute atomic E-state index is 0.332. The van der Waals surface area contributed by atoms with Crippen LogP contribution in [0.5, 0.6) is 0 Å². The van der Waals surface area contributed by atoms with E-state index in [1.54, 1.807) is 6.26 Å². The monoisotopic (exact) mass is 217 g/mol. The van der Waals surface area contributed by atoms with Crippen molar-refractivity contribution in [3.63, 3.8) is 0 Å². The Morgan fingerprint density at radius 3 is 3.00 bits per heavy atom. The summed E-state index contributed by atoms with van der Waals surface area (Å²) in [7, 11) is 0. The van der Waals surface area contributed by atoms with Gasteiger partial charge in [0.2, 0.25) is 0 Å². The van der Waals surface area contributed by atoms with Gasteiger partial charge in [0.1, 0.15) is 5.76 Å². The number of rotatable bonds is 4. The molecule has 0 aromatic carbocycles. The molecule has 2 bridgehead atoms. The van der Waals surface area contributed by atoms with Crippen LogP contribution in [-0.2, 0) is 0 Å². The maximum Gasteiger partial charge on any atom is 0.120 e. The SMILES string of the molecule is CC(NCC1CC2C=CC1C2)c1ccco1. The van der Waals surface area contributed by atoms with Gasteiger partial charge in [-0.1, -0.05) is 12.2 Å². The van der Waals surface area contributed by atoms with E-state index in [1.165, 1.54) is 12.8 Å². The Morgan fingerprint density at radius 1 is 1.44 bits per heavy atom. The molecule has 0 saturated heterocycles. The quantitative estimate of drug-likeness (QED) is 0.784. The molecule has 1 aromatic rings. The minimum Gasteiger partial charge on any atom is -0.468 e. The Balaban J connectivity index is 1.52. The first-order valence-electron chi connectivity index (χ1n) is 6.28. The lowest BCUT2D eigenvalue weighted by molar-refractivity contribution is 0.365. The molecular weight excluding hydrogens is 198 g/mol. The van der Waals surface area contributed by atoms with Gasteiger partial charge in [-0.25, -0.2) is 0 Å². The van der Waals surface area contributed by atoms with E-state index in [0.29, 0.717) is 6.04 Å². The highest BCUT2D eigenvalue weighted by molar-refractivity contribution is 5.11. The Labute approximate surface area is 96.7 Å². The van der Waals surface area contributed by atoms with Crippen LogP contribution in [0.2, 0.25) is 0 Å². The van der Waals surface area contributed by atoms with E-state index in [9.17, 15) is 0 Å². The third-order valence-electron chi connectivity index (χ3n) is 4.07. The lowest BCUT2D eigenvalue weighted by Gasteiger charge is -2.20. The molecule has 2 aliphatic rings. The zero-order chi connectivity index (χ0) is 11.0. The summed E-state index contributed by atoms with van der Waals surface area (Å²) in [6.45, 7) is 3.29. The molecule has 2 nitrogen and oxygen atoms in total. The van der Waals surface area contributed by atoms with Crippen molar-refractivity contribution in [2.75, 3.05) is 6.54 Å². The standard InChI is InChI=1S/C14H19NO/c1-10(14-3-2-6-16-14)15-9-13-8-11-4-5-12(13)7-11/h2-6,10-13,15H,7-9H2,1H3. The molecule has 1 heterocycles. The van der Waals surface area contributed by atoms with Crippen LogP contribution >= 0.6 is 0 Å². The van der Waals surface area contributed by atoms with Gasteiger partial charge in [-0.05, 0) is 56.2 Å². The molecule has 0 spiro atoms. The largest absolute Gasteiger partial charge is 0.468 e. The van der Waals surface area contributed by atoms with Crippen molar-refractivity contribution in [1.82, 2.24) is 5.32 Å². The van der Waals surface area contributed by atoms with Gasteiger partial charge in [-0.2, -0.15) is 0 Å². The Morgan fingerprint density at radius 2 is 2.38 bits per heavy atom. The number of hydrogen-bond donors (Lipinski definition) is 1. The van der Waals surface area contributed by atoms with E-state index < -0.39 is 0 Å². The van der Waals surface area contributed by atoms with E-state index in [0.717, 1.165) is 30.1 Å². The zero-order valence-electron chi connectivity index (χ0n) is 9.73. The van der Waals surface area contributed by atoms with Crippen LogP contribution < -0.4 is 5.32 Å². The second-order valence-electron chi connectivity index (χ2n) is 5.19. The maximum atomic E-state index is 5.40. The fourth-order valence-electron chi connectivity index (χ4n) is 3.10. The van der Waals surface area contributed by atoms with Gasteiger partial charge in [0.25, 0.3) is 0 Å². The van der Waals surface area contributed by atoms with Gasteiger partial charge in [0.15, 0.2) is 0 Å². The normalized spacial score (nSPS) is 33.4. The highest BCUT2D eigenvalue weighted by atomic mass is 16.3. The second-order valence-corrected chi connectivity index (χ2v) is 5.19. The third-order valence-corrected chi connectivity index (χ3v) is 4.07. The number of allylic oxidation sites excluding steroid dienone is 2. The highest BCUT2D eigenvalue weighted by Crippen LogP contribution is 2.43. The van der Waals surface area contributed by atoms with Crippen LogP contribution in [0.1, 0.15) is 31.6 Å².